The summed E-state index contributed by atoms with van der Waals surface area (Å²) in [5, 5.41) is 4.39. The smallest absolute Gasteiger partial charge is 0.250 e. The van der Waals surface area contributed by atoms with Crippen LogP contribution in [0.2, 0.25) is 0 Å². The fourth-order valence-electron chi connectivity index (χ4n) is 4.37. The first-order valence-electron chi connectivity index (χ1n) is 9.94. The van der Waals surface area contributed by atoms with E-state index in [2.05, 4.69) is 11.2 Å². The minimum Gasteiger partial charge on any atom is -0.342 e. The Bertz CT molecular complexity index is 683. The summed E-state index contributed by atoms with van der Waals surface area (Å²) in [6.07, 6.45) is 13.4. The number of aromatic nitrogens is 2. The van der Waals surface area contributed by atoms with Crippen molar-refractivity contribution in [3.63, 3.8) is 0 Å². The molecule has 0 N–H and O–H groups in total. The van der Waals surface area contributed by atoms with Gasteiger partial charge in [-0.2, -0.15) is 5.10 Å². The van der Waals surface area contributed by atoms with Crippen molar-refractivity contribution in [3.8, 4) is 0 Å². The Morgan fingerprint density at radius 2 is 1.85 bits per heavy atom. The number of nitrogens with zero attached hydrogens (tertiary/aromatic N) is 4. The van der Waals surface area contributed by atoms with E-state index >= 15 is 0 Å². The molecule has 0 radical (unpaired) electrons. The normalized spacial score (nSPS) is 22.5. The van der Waals surface area contributed by atoms with Gasteiger partial charge in [-0.15, -0.1) is 0 Å². The molecule has 2 fully saturated rings. The van der Waals surface area contributed by atoms with Crippen LogP contribution in [0.3, 0.4) is 0 Å². The zero-order valence-electron chi connectivity index (χ0n) is 15.4. The lowest BCUT2D eigenvalue weighted by molar-refractivity contribution is -0.150. The molecule has 0 bridgehead atoms. The Balaban J connectivity index is 1.44. The zero-order valence-corrected chi connectivity index (χ0v) is 15.4. The van der Waals surface area contributed by atoms with E-state index < -0.39 is 5.54 Å². The van der Waals surface area contributed by atoms with E-state index in [0.717, 1.165) is 32.4 Å². The highest BCUT2D eigenvalue weighted by Gasteiger charge is 2.47. The predicted octanol–water partition coefficient (Wildman–Crippen LogP) is 2.32. The van der Waals surface area contributed by atoms with Crippen LogP contribution in [-0.2, 0) is 15.1 Å². The average molecular weight is 356 g/mol. The molecule has 2 aliphatic heterocycles. The van der Waals surface area contributed by atoms with Crippen LogP contribution in [0.4, 0.5) is 0 Å². The molecule has 1 aromatic heterocycles. The standard InChI is InChI=1S/C20H28N4O2/c25-18(16-17-6-2-1-3-7-17)22-14-8-20(9-15-22,24-13-4-10-21-24)19(26)23-11-5-12-23/h4,6,10,13H,1-3,5,7-9,11-12,14-16H2. The predicted molar refractivity (Wildman–Crippen MR) is 98.4 cm³/mol. The molecular formula is C20H28N4O2. The molecule has 2 saturated heterocycles. The lowest BCUT2D eigenvalue weighted by Gasteiger charge is -2.45. The summed E-state index contributed by atoms with van der Waals surface area (Å²) in [5.74, 6) is 0.387. The molecular weight excluding hydrogens is 328 g/mol. The van der Waals surface area contributed by atoms with Crippen molar-refractivity contribution in [2.24, 2.45) is 0 Å². The number of likely N-dealkylation sites (tertiary alicyclic amines) is 2. The van der Waals surface area contributed by atoms with Gasteiger partial charge in [0.05, 0.1) is 0 Å². The molecule has 0 aromatic carbocycles. The second-order valence-electron chi connectivity index (χ2n) is 7.79. The highest BCUT2D eigenvalue weighted by molar-refractivity contribution is 5.86. The van der Waals surface area contributed by atoms with Gasteiger partial charge >= 0.3 is 0 Å². The van der Waals surface area contributed by atoms with Crippen molar-refractivity contribution in [1.29, 1.82) is 0 Å². The van der Waals surface area contributed by atoms with Crippen LogP contribution in [0.15, 0.2) is 30.1 Å². The van der Waals surface area contributed by atoms with E-state index in [4.69, 9.17) is 0 Å². The number of rotatable bonds is 4. The summed E-state index contributed by atoms with van der Waals surface area (Å²) < 4.78 is 1.83. The Morgan fingerprint density at radius 3 is 2.42 bits per heavy atom. The third-order valence-electron chi connectivity index (χ3n) is 6.19. The van der Waals surface area contributed by atoms with Crippen molar-refractivity contribution >= 4 is 11.8 Å². The third-order valence-corrected chi connectivity index (χ3v) is 6.19. The van der Waals surface area contributed by atoms with Gasteiger partial charge in [0.1, 0.15) is 5.54 Å². The molecule has 1 aromatic rings. The summed E-state index contributed by atoms with van der Waals surface area (Å²) in [4.78, 5) is 29.7. The van der Waals surface area contributed by atoms with Gasteiger partial charge in [0.25, 0.3) is 5.91 Å². The molecule has 0 unspecified atom stereocenters. The van der Waals surface area contributed by atoms with Crippen molar-refractivity contribution in [2.75, 3.05) is 26.2 Å². The van der Waals surface area contributed by atoms with Gasteiger partial charge in [0, 0.05) is 45.0 Å². The molecule has 1 aliphatic carbocycles. The number of hydrogen-bond donors (Lipinski definition) is 0. The Kier molecular flexibility index (Phi) is 4.83. The van der Waals surface area contributed by atoms with E-state index in [9.17, 15) is 9.59 Å². The molecule has 6 nitrogen and oxygen atoms in total. The van der Waals surface area contributed by atoms with Gasteiger partial charge in [0.15, 0.2) is 0 Å². The van der Waals surface area contributed by atoms with Crippen molar-refractivity contribution < 1.29 is 9.59 Å². The van der Waals surface area contributed by atoms with Gasteiger partial charge in [-0.25, -0.2) is 0 Å². The molecule has 0 atom stereocenters. The van der Waals surface area contributed by atoms with Gasteiger partial charge in [-0.1, -0.05) is 11.6 Å². The molecule has 2 amide bonds. The van der Waals surface area contributed by atoms with E-state index in [0.29, 0.717) is 32.4 Å². The molecule has 6 heteroatoms. The van der Waals surface area contributed by atoms with E-state index in [-0.39, 0.29) is 11.8 Å². The van der Waals surface area contributed by atoms with Gasteiger partial charge in [-0.05, 0) is 51.0 Å². The molecule has 0 saturated carbocycles. The Morgan fingerprint density at radius 1 is 1.04 bits per heavy atom. The average Bonchev–Trinajstić information content (AvgIpc) is 3.16. The fourth-order valence-corrected chi connectivity index (χ4v) is 4.37. The largest absolute Gasteiger partial charge is 0.342 e. The second-order valence-corrected chi connectivity index (χ2v) is 7.79. The topological polar surface area (TPSA) is 58.4 Å². The van der Waals surface area contributed by atoms with E-state index in [1.807, 2.05) is 26.7 Å². The maximum Gasteiger partial charge on any atom is 0.250 e. The molecule has 3 heterocycles. The second kappa shape index (κ2) is 7.25. The summed E-state index contributed by atoms with van der Waals surface area (Å²) >= 11 is 0. The van der Waals surface area contributed by atoms with Gasteiger partial charge in [-0.3, -0.25) is 14.3 Å². The number of hydrogen-bond acceptors (Lipinski definition) is 3. The van der Waals surface area contributed by atoms with Crippen LogP contribution in [-0.4, -0.2) is 57.6 Å². The van der Waals surface area contributed by atoms with Crippen molar-refractivity contribution in [2.45, 2.75) is 56.9 Å². The maximum atomic E-state index is 13.1. The van der Waals surface area contributed by atoms with Crippen LogP contribution < -0.4 is 0 Å². The van der Waals surface area contributed by atoms with Crippen molar-refractivity contribution in [1.82, 2.24) is 19.6 Å². The minimum atomic E-state index is -0.620. The van der Waals surface area contributed by atoms with Crippen LogP contribution in [0.1, 0.15) is 51.4 Å². The monoisotopic (exact) mass is 356 g/mol. The zero-order chi connectivity index (χ0) is 18.0. The fraction of sp³-hybridized carbons (Fsp3) is 0.650. The van der Waals surface area contributed by atoms with Gasteiger partial charge in [0.2, 0.25) is 5.91 Å². The van der Waals surface area contributed by atoms with Crippen LogP contribution in [0.25, 0.3) is 0 Å². The van der Waals surface area contributed by atoms with Crippen LogP contribution in [0, 0.1) is 0 Å². The SMILES string of the molecule is O=C(CC1=CCCCC1)N1CCC(C(=O)N2CCC2)(n2cccn2)CC1. The summed E-state index contributed by atoms with van der Waals surface area (Å²) in [6.45, 7) is 2.95. The molecule has 3 aliphatic rings. The van der Waals surface area contributed by atoms with Crippen LogP contribution in [0.5, 0.6) is 0 Å². The highest BCUT2D eigenvalue weighted by atomic mass is 16.2. The summed E-state index contributed by atoms with van der Waals surface area (Å²) in [5.41, 5.74) is 0.673. The number of carbonyl (C=O) groups excluding carboxylic acids is 2. The number of piperidine rings is 1. The highest BCUT2D eigenvalue weighted by Crippen LogP contribution is 2.34. The van der Waals surface area contributed by atoms with Gasteiger partial charge < -0.3 is 9.80 Å². The first-order valence-corrected chi connectivity index (χ1v) is 9.94. The van der Waals surface area contributed by atoms with E-state index in [1.165, 1.54) is 18.4 Å². The third kappa shape index (κ3) is 3.17. The quantitative estimate of drug-likeness (QED) is 0.778. The molecule has 140 valence electrons. The maximum absolute atomic E-state index is 13.1. The summed E-state index contributed by atoms with van der Waals surface area (Å²) in [7, 11) is 0. The molecule has 4 rings (SSSR count). The first kappa shape index (κ1) is 17.3. The lowest BCUT2D eigenvalue weighted by Crippen LogP contribution is -2.59. The first-order chi connectivity index (χ1) is 12.7. The molecule has 0 spiro atoms. The van der Waals surface area contributed by atoms with E-state index in [1.54, 1.807) is 6.20 Å². The molecule has 26 heavy (non-hydrogen) atoms. The van der Waals surface area contributed by atoms with Crippen LogP contribution >= 0.6 is 0 Å². The number of carbonyl (C=O) groups is 2. The minimum absolute atomic E-state index is 0.175. The Labute approximate surface area is 154 Å². The number of amides is 2. The number of allylic oxidation sites excluding steroid dienone is 1. The lowest BCUT2D eigenvalue weighted by atomic mass is 9.84. The summed E-state index contributed by atoms with van der Waals surface area (Å²) in [6, 6.07) is 1.87. The van der Waals surface area contributed by atoms with Crippen molar-refractivity contribution in [3.05, 3.63) is 30.1 Å². The Hall–Kier alpha value is -2.11.